The fraction of sp³-hybridized carbons (Fsp3) is 0.783. The van der Waals surface area contributed by atoms with Gasteiger partial charge >= 0.3 is 36.3 Å². The molecule has 0 aromatic carbocycles. The third-order valence-electron chi connectivity index (χ3n) is 11.3. The molecule has 21 heteroatoms. The second kappa shape index (κ2) is 26.5. The van der Waals surface area contributed by atoms with Crippen molar-refractivity contribution in [3.8, 4) is 0 Å². The summed E-state index contributed by atoms with van der Waals surface area (Å²) in [5.74, 6) is -1.40. The third kappa shape index (κ3) is 25.1. The predicted octanol–water partition coefficient (Wildman–Crippen LogP) is 7.96. The van der Waals surface area contributed by atoms with Crippen LogP contribution in [-0.4, -0.2) is 128 Å². The molecule has 6 atom stereocenters. The highest BCUT2D eigenvalue weighted by atomic mass is 28.4. The molecule has 4 N–H and O–H groups in total. The molecule has 2 fully saturated rings. The van der Waals surface area contributed by atoms with Gasteiger partial charge in [0.2, 0.25) is 13.6 Å². The van der Waals surface area contributed by atoms with Crippen molar-refractivity contribution >= 4 is 52.9 Å². The van der Waals surface area contributed by atoms with Crippen LogP contribution in [-0.2, 0) is 51.6 Å². The molecule has 2 aliphatic rings. The number of esters is 2. The number of ether oxygens (including phenoxy) is 8. The molecule has 0 aromatic rings. The van der Waals surface area contributed by atoms with Crippen LogP contribution in [0.3, 0.4) is 0 Å². The van der Waals surface area contributed by atoms with Crippen molar-refractivity contribution in [3.05, 3.63) is 25.3 Å². The van der Waals surface area contributed by atoms with E-state index in [2.05, 4.69) is 88.3 Å². The number of carbonyl (C=O) groups is 6. The average molecular weight is 987 g/mol. The van der Waals surface area contributed by atoms with Crippen LogP contribution in [0.15, 0.2) is 25.3 Å². The lowest BCUT2D eigenvalue weighted by molar-refractivity contribution is -0.146. The molecule has 384 valence electrons. The summed E-state index contributed by atoms with van der Waals surface area (Å²) in [5, 5.41) is 11.6. The van der Waals surface area contributed by atoms with Crippen molar-refractivity contribution in [2.45, 2.75) is 180 Å². The van der Waals surface area contributed by atoms with E-state index in [9.17, 15) is 28.8 Å². The number of rotatable bonds is 26. The summed E-state index contributed by atoms with van der Waals surface area (Å²) in [6.45, 7) is 31.6. The summed E-state index contributed by atoms with van der Waals surface area (Å²) in [7, 11) is -4.00. The van der Waals surface area contributed by atoms with Crippen LogP contribution in [0.4, 0.5) is 19.2 Å². The molecular formula is C46H82N4O15Si2. The van der Waals surface area contributed by atoms with Crippen LogP contribution in [0.1, 0.15) is 107 Å². The van der Waals surface area contributed by atoms with Gasteiger partial charge in [0.05, 0.1) is 13.2 Å². The van der Waals surface area contributed by atoms with Crippen LogP contribution < -0.4 is 21.3 Å². The van der Waals surface area contributed by atoms with Crippen molar-refractivity contribution in [1.29, 1.82) is 0 Å². The van der Waals surface area contributed by atoms with Crippen molar-refractivity contribution in [3.63, 3.8) is 0 Å². The smallest absolute Gasteiger partial charge is 0.410 e. The second-order valence-electron chi connectivity index (χ2n) is 21.4. The van der Waals surface area contributed by atoms with Crippen molar-refractivity contribution in [1.82, 2.24) is 21.3 Å². The first kappa shape index (κ1) is 58.9. The minimum Gasteiger partial charge on any atom is -0.455 e. The largest absolute Gasteiger partial charge is 0.455 e. The highest BCUT2D eigenvalue weighted by Gasteiger charge is 2.45. The Bertz CT molecular complexity index is 1680. The average Bonchev–Trinajstić information content (AvgIpc) is 3.14. The molecule has 0 aliphatic heterocycles. The van der Waals surface area contributed by atoms with E-state index in [0.717, 1.165) is 37.1 Å². The first-order valence-electron chi connectivity index (χ1n) is 23.2. The first-order valence-corrected chi connectivity index (χ1v) is 29.5. The van der Waals surface area contributed by atoms with Crippen LogP contribution in [0.25, 0.3) is 0 Å². The Balaban J connectivity index is 1.65. The van der Waals surface area contributed by atoms with Gasteiger partial charge in [-0.25, -0.2) is 28.8 Å². The molecule has 4 amide bonds. The first-order chi connectivity index (χ1) is 31.0. The Morgan fingerprint density at radius 3 is 1.40 bits per heavy atom. The monoisotopic (exact) mass is 987 g/mol. The zero-order valence-corrected chi connectivity index (χ0v) is 44.3. The second-order valence-corrected chi connectivity index (χ2v) is 30.3. The lowest BCUT2D eigenvalue weighted by atomic mass is 9.67. The minimum absolute atomic E-state index is 0.205. The van der Waals surface area contributed by atoms with Gasteiger partial charge in [0, 0.05) is 48.5 Å². The lowest BCUT2D eigenvalue weighted by Gasteiger charge is -2.46. The fourth-order valence-corrected chi connectivity index (χ4v) is 18.5. The Morgan fingerprint density at radius 2 is 0.970 bits per heavy atom. The van der Waals surface area contributed by atoms with Crippen LogP contribution in [0.5, 0.6) is 0 Å². The highest BCUT2D eigenvalue weighted by Crippen LogP contribution is 2.42. The molecule has 0 bridgehead atoms. The number of hydrogen-bond donors (Lipinski definition) is 4. The Kier molecular flexibility index (Phi) is 23.3. The van der Waals surface area contributed by atoms with Gasteiger partial charge in [0.15, 0.2) is 16.6 Å². The molecule has 0 heterocycles. The van der Waals surface area contributed by atoms with Crippen molar-refractivity contribution < 1.29 is 70.8 Å². The number of hydrogen-bond acceptors (Lipinski definition) is 15. The van der Waals surface area contributed by atoms with Gasteiger partial charge in [0.1, 0.15) is 12.2 Å². The van der Waals surface area contributed by atoms with Crippen LogP contribution in [0.2, 0.25) is 38.3 Å². The van der Waals surface area contributed by atoms with Gasteiger partial charge in [-0.15, -0.1) is 0 Å². The predicted molar refractivity (Wildman–Crippen MR) is 256 cm³/mol. The fourth-order valence-electron chi connectivity index (χ4n) is 9.71. The molecule has 0 aromatic heterocycles. The van der Waals surface area contributed by atoms with E-state index in [1.807, 2.05) is 13.8 Å². The molecule has 6 unspecified atom stereocenters. The van der Waals surface area contributed by atoms with E-state index in [0.29, 0.717) is 51.7 Å². The minimum atomic E-state index is -2.00. The van der Waals surface area contributed by atoms with Gasteiger partial charge in [0.25, 0.3) is 0 Å². The molecule has 2 rings (SSSR count). The van der Waals surface area contributed by atoms with E-state index in [-0.39, 0.29) is 36.1 Å². The quantitative estimate of drug-likeness (QED) is 0.0161. The summed E-state index contributed by atoms with van der Waals surface area (Å²) in [5.41, 5.74) is -1.75. The lowest BCUT2D eigenvalue weighted by Crippen LogP contribution is -2.57. The summed E-state index contributed by atoms with van der Waals surface area (Å²) < 4.78 is 49.2. The SMILES string of the molecule is C=CC(=O)OCOC(=O)NC1CC(C)(C)CC(C)(NC(=O)OC(C)COCCC[Si](C)(C)O[Si](C)(C)CCCOCC(C)OC(=O)NC2CC(C)(C)CC(C)(NC(=O)OCOC(=O)C=C)C2)C1. The Hall–Kier alpha value is -4.19. The molecule has 2 aliphatic carbocycles. The highest BCUT2D eigenvalue weighted by molar-refractivity contribution is 6.84. The van der Waals surface area contributed by atoms with Crippen LogP contribution >= 0.6 is 0 Å². The number of alkyl carbamates (subject to hydrolysis) is 4. The normalized spacial score (nSPS) is 23.2. The Morgan fingerprint density at radius 1 is 0.582 bits per heavy atom. The number of carbonyl (C=O) groups excluding carboxylic acids is 6. The molecule has 0 saturated heterocycles. The zero-order valence-electron chi connectivity index (χ0n) is 42.3. The third-order valence-corrected chi connectivity index (χ3v) is 18.8. The molecule has 2 saturated carbocycles. The summed E-state index contributed by atoms with van der Waals surface area (Å²) >= 11 is 0. The molecule has 19 nitrogen and oxygen atoms in total. The summed E-state index contributed by atoms with van der Waals surface area (Å²) in [6, 6.07) is 1.28. The van der Waals surface area contributed by atoms with E-state index < -0.39 is 89.8 Å². The topological polar surface area (TPSA) is 234 Å². The van der Waals surface area contributed by atoms with Crippen molar-refractivity contribution in [2.24, 2.45) is 10.8 Å². The van der Waals surface area contributed by atoms with Crippen molar-refractivity contribution in [2.75, 3.05) is 40.0 Å². The van der Waals surface area contributed by atoms with E-state index in [1.165, 1.54) is 0 Å². The van der Waals surface area contributed by atoms with E-state index in [4.69, 9.17) is 42.0 Å². The van der Waals surface area contributed by atoms with E-state index in [1.54, 1.807) is 13.8 Å². The summed E-state index contributed by atoms with van der Waals surface area (Å²) in [6.07, 6.45) is 3.64. The zero-order chi connectivity index (χ0) is 50.7. The van der Waals surface area contributed by atoms with Crippen LogP contribution in [0, 0.1) is 10.8 Å². The molecule has 67 heavy (non-hydrogen) atoms. The van der Waals surface area contributed by atoms with Gasteiger partial charge in [-0.2, -0.15) is 0 Å². The van der Waals surface area contributed by atoms with Gasteiger partial charge in [-0.3, -0.25) is 0 Å². The number of nitrogens with one attached hydrogen (secondary N) is 4. The number of amides is 4. The maximum Gasteiger partial charge on any atom is 0.410 e. The maximum atomic E-state index is 13.0. The Labute approximate surface area is 400 Å². The van der Waals surface area contributed by atoms with Gasteiger partial charge in [-0.05, 0) is 128 Å². The van der Waals surface area contributed by atoms with E-state index >= 15 is 0 Å². The molecular weight excluding hydrogens is 905 g/mol. The standard InChI is InChI=1S/C46H82N4O15Si2/c1-15-37(51)59-31-61-39(53)47-35-23-43(5,6)30-46(10,25-35)50-42(56)64-34(4)28-58-20-18-22-67(13,14)65-66(11,12)21-17-19-57-27-33(3)63-40(54)48-36-24-44(7,8)29-45(9,26-36)49-41(55)62-32-60-38(52)16-2/h15-16,33-36H,1-2,17-32H2,3-14H3,(H,47,53)(H,48,54)(H,49,55)(H,50,56). The van der Waals surface area contributed by atoms with Gasteiger partial charge < -0.3 is 63.3 Å². The maximum absolute atomic E-state index is 13.0. The van der Waals surface area contributed by atoms with Gasteiger partial charge in [-0.1, -0.05) is 40.9 Å². The summed E-state index contributed by atoms with van der Waals surface area (Å²) in [4.78, 5) is 73.0. The molecule has 0 spiro atoms. The molecule has 0 radical (unpaired) electrons.